The molecule has 0 saturated carbocycles. The van der Waals surface area contributed by atoms with E-state index in [0.717, 1.165) is 30.9 Å². The number of benzene rings is 1. The van der Waals surface area contributed by atoms with Crippen LogP contribution >= 0.6 is 11.3 Å². The van der Waals surface area contributed by atoms with Gasteiger partial charge in [0.15, 0.2) is 0 Å². The van der Waals surface area contributed by atoms with E-state index >= 15 is 0 Å². The first kappa shape index (κ1) is 15.8. The number of hydrogen-bond acceptors (Lipinski definition) is 7. The third-order valence-corrected chi connectivity index (χ3v) is 4.56. The van der Waals surface area contributed by atoms with E-state index < -0.39 is 0 Å². The second kappa shape index (κ2) is 7.43. The van der Waals surface area contributed by atoms with Crippen LogP contribution in [0.4, 0.5) is 10.9 Å². The number of hydrogen-bond donors (Lipinski definition) is 2. The van der Waals surface area contributed by atoms with Crippen LogP contribution in [0.1, 0.15) is 24.0 Å². The Morgan fingerprint density at radius 3 is 2.96 bits per heavy atom. The molecule has 23 heavy (non-hydrogen) atoms. The SMILES string of the molecule is COc1ccc(C=NNc2nc(N)cs2)cc1CN1CCCC1. The second-order valence-electron chi connectivity index (χ2n) is 5.50. The molecule has 122 valence electrons. The van der Waals surface area contributed by atoms with Crippen LogP contribution in [0.15, 0.2) is 28.7 Å². The molecule has 1 saturated heterocycles. The van der Waals surface area contributed by atoms with E-state index in [0.29, 0.717) is 10.9 Å². The third kappa shape index (κ3) is 4.20. The quantitative estimate of drug-likeness (QED) is 0.629. The summed E-state index contributed by atoms with van der Waals surface area (Å²) in [7, 11) is 1.71. The molecule has 0 spiro atoms. The van der Waals surface area contributed by atoms with Crippen LogP contribution in [-0.4, -0.2) is 36.3 Å². The van der Waals surface area contributed by atoms with Gasteiger partial charge in [0, 0.05) is 17.5 Å². The van der Waals surface area contributed by atoms with Crippen molar-refractivity contribution in [3.63, 3.8) is 0 Å². The van der Waals surface area contributed by atoms with Crippen molar-refractivity contribution in [2.75, 3.05) is 31.4 Å². The van der Waals surface area contributed by atoms with Gasteiger partial charge in [-0.15, -0.1) is 11.3 Å². The molecule has 1 aromatic heterocycles. The molecular formula is C16H21N5OS. The lowest BCUT2D eigenvalue weighted by molar-refractivity contribution is 0.321. The fourth-order valence-corrected chi connectivity index (χ4v) is 3.23. The number of hydrazone groups is 1. The molecule has 0 atom stereocenters. The number of nitrogens with two attached hydrogens (primary N) is 1. The summed E-state index contributed by atoms with van der Waals surface area (Å²) in [6, 6.07) is 6.11. The van der Waals surface area contributed by atoms with Gasteiger partial charge in [-0.3, -0.25) is 10.3 Å². The Hall–Kier alpha value is -2.12. The van der Waals surface area contributed by atoms with E-state index in [1.165, 1.54) is 29.7 Å². The Labute approximate surface area is 140 Å². The molecule has 7 heteroatoms. The van der Waals surface area contributed by atoms with Crippen molar-refractivity contribution in [2.45, 2.75) is 19.4 Å². The monoisotopic (exact) mass is 331 g/mol. The molecule has 1 fully saturated rings. The number of thiazole rings is 1. The summed E-state index contributed by atoms with van der Waals surface area (Å²) in [5.74, 6) is 1.43. The van der Waals surface area contributed by atoms with E-state index in [2.05, 4.69) is 26.5 Å². The van der Waals surface area contributed by atoms with Crippen LogP contribution in [-0.2, 0) is 6.54 Å². The van der Waals surface area contributed by atoms with Crippen LogP contribution < -0.4 is 15.9 Å². The molecule has 0 aliphatic carbocycles. The molecule has 3 N–H and O–H groups in total. The van der Waals surface area contributed by atoms with Gasteiger partial charge < -0.3 is 10.5 Å². The number of methoxy groups -OCH3 is 1. The number of nitrogens with zero attached hydrogens (tertiary/aromatic N) is 3. The van der Waals surface area contributed by atoms with Gasteiger partial charge in [0.1, 0.15) is 11.6 Å². The molecule has 1 aliphatic rings. The summed E-state index contributed by atoms with van der Waals surface area (Å²) in [5, 5.41) is 6.68. The van der Waals surface area contributed by atoms with E-state index in [-0.39, 0.29) is 0 Å². The second-order valence-corrected chi connectivity index (χ2v) is 6.36. The first-order valence-corrected chi connectivity index (χ1v) is 8.52. The van der Waals surface area contributed by atoms with Crippen molar-refractivity contribution in [3.05, 3.63) is 34.7 Å². The Bertz CT molecular complexity index is 679. The minimum atomic E-state index is 0.505. The van der Waals surface area contributed by atoms with Crippen LogP contribution in [0.2, 0.25) is 0 Å². The predicted octanol–water partition coefficient (Wildman–Crippen LogP) is 2.78. The number of nitrogen functional groups attached to an aromatic ring is 1. The van der Waals surface area contributed by atoms with Gasteiger partial charge >= 0.3 is 0 Å². The van der Waals surface area contributed by atoms with Gasteiger partial charge in [-0.2, -0.15) is 5.10 Å². The zero-order valence-electron chi connectivity index (χ0n) is 13.2. The van der Waals surface area contributed by atoms with E-state index in [1.807, 2.05) is 12.1 Å². The lowest BCUT2D eigenvalue weighted by atomic mass is 10.1. The first-order valence-electron chi connectivity index (χ1n) is 7.64. The van der Waals surface area contributed by atoms with Gasteiger partial charge in [-0.1, -0.05) is 0 Å². The van der Waals surface area contributed by atoms with Crippen molar-refractivity contribution >= 4 is 28.5 Å². The van der Waals surface area contributed by atoms with Crippen LogP contribution in [0.3, 0.4) is 0 Å². The molecule has 2 heterocycles. The highest BCUT2D eigenvalue weighted by Crippen LogP contribution is 2.23. The minimum Gasteiger partial charge on any atom is -0.496 e. The molecule has 1 aliphatic heterocycles. The number of nitrogens with one attached hydrogen (secondary N) is 1. The first-order chi connectivity index (χ1) is 11.2. The smallest absolute Gasteiger partial charge is 0.205 e. The average Bonchev–Trinajstić information content (AvgIpc) is 3.20. The molecule has 0 bridgehead atoms. The average molecular weight is 331 g/mol. The number of anilines is 2. The minimum absolute atomic E-state index is 0.505. The Kier molecular flexibility index (Phi) is 5.09. The predicted molar refractivity (Wildman–Crippen MR) is 95.2 cm³/mol. The van der Waals surface area contributed by atoms with Crippen molar-refractivity contribution in [1.82, 2.24) is 9.88 Å². The molecule has 6 nitrogen and oxygen atoms in total. The summed E-state index contributed by atoms with van der Waals surface area (Å²) in [4.78, 5) is 6.55. The maximum absolute atomic E-state index is 5.58. The zero-order chi connectivity index (χ0) is 16.1. The van der Waals surface area contributed by atoms with Crippen molar-refractivity contribution in [1.29, 1.82) is 0 Å². The van der Waals surface area contributed by atoms with Gasteiger partial charge in [-0.05, 0) is 49.7 Å². The highest BCUT2D eigenvalue weighted by Gasteiger charge is 2.14. The highest BCUT2D eigenvalue weighted by molar-refractivity contribution is 7.14. The number of aromatic nitrogens is 1. The summed E-state index contributed by atoms with van der Waals surface area (Å²) >= 11 is 1.43. The summed E-state index contributed by atoms with van der Waals surface area (Å²) in [6.45, 7) is 3.24. The van der Waals surface area contributed by atoms with Gasteiger partial charge in [0.25, 0.3) is 0 Å². The van der Waals surface area contributed by atoms with Gasteiger partial charge in [0.2, 0.25) is 5.13 Å². The van der Waals surface area contributed by atoms with Crippen LogP contribution in [0.25, 0.3) is 0 Å². The number of likely N-dealkylation sites (tertiary alicyclic amines) is 1. The normalized spacial score (nSPS) is 15.3. The van der Waals surface area contributed by atoms with Gasteiger partial charge in [-0.25, -0.2) is 4.98 Å². The maximum atomic E-state index is 5.58. The number of rotatable bonds is 6. The lowest BCUT2D eigenvalue weighted by Gasteiger charge is -2.17. The standard InChI is InChI=1S/C16H21N5OS/c1-22-14-5-4-12(8-13(14)10-21-6-2-3-7-21)9-18-20-16-19-15(17)11-23-16/h4-5,8-9,11H,2-3,6-7,10,17H2,1H3,(H,19,20). The summed E-state index contributed by atoms with van der Waals surface area (Å²) in [6.07, 6.45) is 4.35. The summed E-state index contributed by atoms with van der Waals surface area (Å²) < 4.78 is 5.48. The molecule has 0 amide bonds. The fraction of sp³-hybridized carbons (Fsp3) is 0.375. The van der Waals surface area contributed by atoms with E-state index in [4.69, 9.17) is 10.5 Å². The van der Waals surface area contributed by atoms with Crippen LogP contribution in [0, 0.1) is 0 Å². The highest BCUT2D eigenvalue weighted by atomic mass is 32.1. The Morgan fingerprint density at radius 1 is 1.43 bits per heavy atom. The molecular weight excluding hydrogens is 310 g/mol. The lowest BCUT2D eigenvalue weighted by Crippen LogP contribution is -2.18. The molecule has 2 aromatic rings. The molecule has 0 radical (unpaired) electrons. The fourth-order valence-electron chi connectivity index (χ4n) is 2.68. The topological polar surface area (TPSA) is 75.8 Å². The van der Waals surface area contributed by atoms with Crippen molar-refractivity contribution in [2.24, 2.45) is 5.10 Å². The Balaban J connectivity index is 1.68. The number of ether oxygens (including phenoxy) is 1. The molecule has 3 rings (SSSR count). The zero-order valence-corrected chi connectivity index (χ0v) is 14.0. The van der Waals surface area contributed by atoms with Crippen molar-refractivity contribution in [3.8, 4) is 5.75 Å². The third-order valence-electron chi connectivity index (χ3n) is 3.79. The van der Waals surface area contributed by atoms with Gasteiger partial charge in [0.05, 0.1) is 13.3 Å². The molecule has 1 aromatic carbocycles. The van der Waals surface area contributed by atoms with Crippen LogP contribution in [0.5, 0.6) is 5.75 Å². The largest absolute Gasteiger partial charge is 0.496 e. The van der Waals surface area contributed by atoms with E-state index in [1.54, 1.807) is 18.7 Å². The molecule has 0 unspecified atom stereocenters. The Morgan fingerprint density at radius 2 is 2.26 bits per heavy atom. The maximum Gasteiger partial charge on any atom is 0.205 e. The van der Waals surface area contributed by atoms with E-state index in [9.17, 15) is 0 Å². The van der Waals surface area contributed by atoms with Crippen molar-refractivity contribution < 1.29 is 4.74 Å². The summed E-state index contributed by atoms with van der Waals surface area (Å²) in [5.41, 5.74) is 10.7.